The van der Waals surface area contributed by atoms with Crippen LogP contribution in [0.4, 0.5) is 11.4 Å². The Kier molecular flexibility index (Phi) is 4.24. The van der Waals surface area contributed by atoms with Crippen LogP contribution in [-0.4, -0.2) is 49.6 Å². The van der Waals surface area contributed by atoms with Gasteiger partial charge in [0.15, 0.2) is 0 Å². The largest absolute Gasteiger partial charge is 0.369 e. The van der Waals surface area contributed by atoms with Crippen LogP contribution < -0.4 is 4.90 Å². The van der Waals surface area contributed by atoms with Crippen molar-refractivity contribution in [3.8, 4) is 0 Å². The molecule has 1 aromatic carbocycles. The van der Waals surface area contributed by atoms with Gasteiger partial charge in [0.25, 0.3) is 5.69 Å². The maximum absolute atomic E-state index is 11.8. The zero-order valence-electron chi connectivity index (χ0n) is 11.2. The Morgan fingerprint density at radius 2 is 1.90 bits per heavy atom. The Bertz CT molecular complexity index is 594. The van der Waals surface area contributed by atoms with Crippen LogP contribution in [0.25, 0.3) is 0 Å². The van der Waals surface area contributed by atoms with E-state index in [0.717, 1.165) is 5.69 Å². The minimum absolute atomic E-state index is 0.0473. The van der Waals surface area contributed by atoms with Crippen molar-refractivity contribution in [2.45, 2.75) is 6.92 Å². The molecule has 1 heterocycles. The average Bonchev–Trinajstić information content (AvgIpc) is 2.47. The summed E-state index contributed by atoms with van der Waals surface area (Å²) in [5, 5.41) is 10.8. The second-order valence-electron chi connectivity index (χ2n) is 4.56. The summed E-state index contributed by atoms with van der Waals surface area (Å²) in [5.41, 5.74) is 0.804. The van der Waals surface area contributed by atoms with Crippen LogP contribution in [-0.2, 0) is 10.0 Å². The molecule has 0 saturated carbocycles. The molecular weight excluding hydrogens is 282 g/mol. The highest BCUT2D eigenvalue weighted by molar-refractivity contribution is 7.89. The monoisotopic (exact) mass is 299 g/mol. The number of nitro groups is 1. The van der Waals surface area contributed by atoms with Gasteiger partial charge in [-0.2, -0.15) is 4.31 Å². The van der Waals surface area contributed by atoms with Gasteiger partial charge in [0.05, 0.1) is 10.7 Å². The maximum Gasteiger partial charge on any atom is 0.271 e. The normalized spacial score (nSPS) is 17.1. The van der Waals surface area contributed by atoms with Gasteiger partial charge in [0, 0.05) is 44.0 Å². The number of hydrogen-bond acceptors (Lipinski definition) is 5. The number of rotatable bonds is 4. The first-order valence-electron chi connectivity index (χ1n) is 6.41. The summed E-state index contributed by atoms with van der Waals surface area (Å²) < 4.78 is 25.0. The van der Waals surface area contributed by atoms with Crippen molar-refractivity contribution in [2.75, 3.05) is 36.8 Å². The highest BCUT2D eigenvalue weighted by atomic mass is 32.2. The van der Waals surface area contributed by atoms with Crippen molar-refractivity contribution < 1.29 is 13.3 Å². The Hall–Kier alpha value is -1.67. The molecule has 7 nitrogen and oxygen atoms in total. The van der Waals surface area contributed by atoms with Crippen LogP contribution >= 0.6 is 0 Å². The molecule has 0 amide bonds. The standard InChI is InChI=1S/C12H17N3O4S/c1-2-20(18,19)14-8-6-13(7-9-14)11-4-3-5-12(10-11)15(16)17/h3-5,10H,2,6-9H2,1H3. The van der Waals surface area contributed by atoms with E-state index in [2.05, 4.69) is 0 Å². The second kappa shape index (κ2) is 5.76. The van der Waals surface area contributed by atoms with Crippen LogP contribution in [0, 0.1) is 10.1 Å². The number of nitrogens with zero attached hydrogens (tertiary/aromatic N) is 3. The summed E-state index contributed by atoms with van der Waals surface area (Å²) in [6.45, 7) is 3.54. The van der Waals surface area contributed by atoms with Crippen molar-refractivity contribution >= 4 is 21.4 Å². The van der Waals surface area contributed by atoms with Gasteiger partial charge in [0.1, 0.15) is 0 Å². The van der Waals surface area contributed by atoms with E-state index >= 15 is 0 Å². The first-order valence-corrected chi connectivity index (χ1v) is 8.02. The van der Waals surface area contributed by atoms with Gasteiger partial charge >= 0.3 is 0 Å². The smallest absolute Gasteiger partial charge is 0.271 e. The summed E-state index contributed by atoms with van der Waals surface area (Å²) in [6, 6.07) is 6.41. The van der Waals surface area contributed by atoms with Crippen molar-refractivity contribution in [3.05, 3.63) is 34.4 Å². The van der Waals surface area contributed by atoms with Gasteiger partial charge < -0.3 is 4.90 Å². The third-order valence-corrected chi connectivity index (χ3v) is 5.28. The van der Waals surface area contributed by atoms with Gasteiger partial charge in [-0.05, 0) is 13.0 Å². The minimum Gasteiger partial charge on any atom is -0.369 e. The molecule has 1 aliphatic heterocycles. The zero-order valence-corrected chi connectivity index (χ0v) is 12.0. The van der Waals surface area contributed by atoms with Crippen LogP contribution in [0.2, 0.25) is 0 Å². The third-order valence-electron chi connectivity index (χ3n) is 3.40. The summed E-state index contributed by atoms with van der Waals surface area (Å²) >= 11 is 0. The van der Waals surface area contributed by atoms with E-state index in [-0.39, 0.29) is 11.4 Å². The lowest BCUT2D eigenvalue weighted by Crippen LogP contribution is -2.49. The molecule has 0 unspecified atom stereocenters. The molecule has 0 spiro atoms. The van der Waals surface area contributed by atoms with Crippen LogP contribution in [0.3, 0.4) is 0 Å². The fraction of sp³-hybridized carbons (Fsp3) is 0.500. The van der Waals surface area contributed by atoms with Gasteiger partial charge in [0.2, 0.25) is 10.0 Å². The van der Waals surface area contributed by atoms with E-state index in [1.54, 1.807) is 19.1 Å². The molecule has 0 bridgehead atoms. The van der Waals surface area contributed by atoms with Crippen LogP contribution in [0.15, 0.2) is 24.3 Å². The first kappa shape index (κ1) is 14.7. The first-order chi connectivity index (χ1) is 9.44. The quantitative estimate of drug-likeness (QED) is 0.613. The fourth-order valence-corrected chi connectivity index (χ4v) is 3.30. The molecule has 1 aliphatic rings. The molecule has 0 radical (unpaired) electrons. The van der Waals surface area contributed by atoms with E-state index in [4.69, 9.17) is 0 Å². The summed E-state index contributed by atoms with van der Waals surface area (Å²) in [6.07, 6.45) is 0. The summed E-state index contributed by atoms with van der Waals surface area (Å²) in [5.74, 6) is 0.101. The number of non-ortho nitro benzene ring substituents is 1. The van der Waals surface area contributed by atoms with Gasteiger partial charge in [-0.3, -0.25) is 10.1 Å². The Balaban J connectivity index is 2.08. The highest BCUT2D eigenvalue weighted by Gasteiger charge is 2.25. The summed E-state index contributed by atoms with van der Waals surface area (Å²) in [4.78, 5) is 12.3. The van der Waals surface area contributed by atoms with E-state index in [1.807, 2.05) is 4.90 Å². The SMILES string of the molecule is CCS(=O)(=O)N1CCN(c2cccc([N+](=O)[O-])c2)CC1. The van der Waals surface area contributed by atoms with E-state index in [0.29, 0.717) is 26.2 Å². The predicted octanol–water partition coefficient (Wildman–Crippen LogP) is 1.07. The molecule has 20 heavy (non-hydrogen) atoms. The topological polar surface area (TPSA) is 83.8 Å². The number of benzene rings is 1. The lowest BCUT2D eigenvalue weighted by molar-refractivity contribution is -0.384. The van der Waals surface area contributed by atoms with Crippen molar-refractivity contribution in [2.24, 2.45) is 0 Å². The van der Waals surface area contributed by atoms with Gasteiger partial charge in [-0.15, -0.1) is 0 Å². The molecule has 8 heteroatoms. The Morgan fingerprint density at radius 3 is 2.45 bits per heavy atom. The lowest BCUT2D eigenvalue weighted by atomic mass is 10.2. The zero-order chi connectivity index (χ0) is 14.8. The van der Waals surface area contributed by atoms with Crippen molar-refractivity contribution in [3.63, 3.8) is 0 Å². The lowest BCUT2D eigenvalue weighted by Gasteiger charge is -2.35. The number of hydrogen-bond donors (Lipinski definition) is 0. The molecule has 2 rings (SSSR count). The Morgan fingerprint density at radius 1 is 1.25 bits per heavy atom. The molecule has 0 aliphatic carbocycles. The number of sulfonamides is 1. The predicted molar refractivity (Wildman–Crippen MR) is 76.3 cm³/mol. The van der Waals surface area contributed by atoms with E-state index in [1.165, 1.54) is 16.4 Å². The molecule has 0 aromatic heterocycles. The van der Waals surface area contributed by atoms with Crippen molar-refractivity contribution in [1.82, 2.24) is 4.31 Å². The highest BCUT2D eigenvalue weighted by Crippen LogP contribution is 2.22. The molecule has 1 fully saturated rings. The second-order valence-corrected chi connectivity index (χ2v) is 6.82. The minimum atomic E-state index is -3.15. The summed E-state index contributed by atoms with van der Waals surface area (Å²) in [7, 11) is -3.15. The molecular formula is C12H17N3O4S. The van der Waals surface area contributed by atoms with Gasteiger partial charge in [-0.1, -0.05) is 6.07 Å². The van der Waals surface area contributed by atoms with Crippen molar-refractivity contribution in [1.29, 1.82) is 0 Å². The molecule has 0 atom stereocenters. The molecule has 1 saturated heterocycles. The molecule has 110 valence electrons. The van der Waals surface area contributed by atoms with E-state index < -0.39 is 14.9 Å². The molecule has 0 N–H and O–H groups in total. The van der Waals surface area contributed by atoms with Crippen LogP contribution in [0.5, 0.6) is 0 Å². The Labute approximate surface area is 118 Å². The molecule has 1 aromatic rings. The van der Waals surface area contributed by atoms with Crippen LogP contribution in [0.1, 0.15) is 6.92 Å². The van der Waals surface area contributed by atoms with Gasteiger partial charge in [-0.25, -0.2) is 8.42 Å². The number of anilines is 1. The average molecular weight is 299 g/mol. The van der Waals surface area contributed by atoms with E-state index in [9.17, 15) is 18.5 Å². The maximum atomic E-state index is 11.8. The number of piperazine rings is 1. The number of nitro benzene ring substituents is 1. The third kappa shape index (κ3) is 3.07. The fourth-order valence-electron chi connectivity index (χ4n) is 2.21.